The lowest BCUT2D eigenvalue weighted by molar-refractivity contribution is 0.238. The second-order valence-electron chi connectivity index (χ2n) is 11.0. The van der Waals surface area contributed by atoms with E-state index in [4.69, 9.17) is 10.5 Å². The maximum Gasteiger partial charge on any atom is 0.119 e. The van der Waals surface area contributed by atoms with Gasteiger partial charge in [-0.25, -0.2) is 0 Å². The number of phenols is 1. The molecule has 39 heavy (non-hydrogen) atoms. The van der Waals surface area contributed by atoms with Crippen molar-refractivity contribution >= 4 is 21.4 Å². The van der Waals surface area contributed by atoms with Crippen molar-refractivity contribution in [2.75, 3.05) is 39.3 Å². The molecule has 2 saturated heterocycles. The van der Waals surface area contributed by atoms with E-state index in [9.17, 15) is 5.11 Å². The van der Waals surface area contributed by atoms with Crippen molar-refractivity contribution in [2.24, 2.45) is 5.73 Å². The lowest BCUT2D eigenvalue weighted by Crippen LogP contribution is -2.25. The Balaban J connectivity index is 1.24. The van der Waals surface area contributed by atoms with Gasteiger partial charge in [0.1, 0.15) is 18.1 Å². The maximum atomic E-state index is 10.2. The molecule has 0 amide bonds. The molecule has 2 aliphatic heterocycles. The van der Waals surface area contributed by atoms with E-state index in [2.05, 4.69) is 58.3 Å². The van der Waals surface area contributed by atoms with Crippen LogP contribution in [0.3, 0.4) is 0 Å². The lowest BCUT2D eigenvalue weighted by atomic mass is 9.96. The second kappa shape index (κ2) is 12.1. The number of ether oxygens (including phenoxy) is 1. The van der Waals surface area contributed by atoms with E-state index in [1.54, 1.807) is 17.4 Å². The molecule has 6 rings (SSSR count). The van der Waals surface area contributed by atoms with E-state index < -0.39 is 0 Å². The van der Waals surface area contributed by atoms with Crippen LogP contribution in [0.5, 0.6) is 11.5 Å². The minimum absolute atomic E-state index is 0.306. The number of fused-ring (bicyclic) bond motifs is 1. The van der Waals surface area contributed by atoms with E-state index in [1.807, 2.05) is 6.07 Å². The molecule has 4 aromatic rings. The third kappa shape index (κ3) is 6.15. The van der Waals surface area contributed by atoms with Crippen LogP contribution in [0.2, 0.25) is 0 Å². The molecule has 0 bridgehead atoms. The van der Waals surface area contributed by atoms with Crippen LogP contribution in [0.1, 0.15) is 47.9 Å². The monoisotopic (exact) mass is 541 g/mol. The molecule has 2 aliphatic rings. The summed E-state index contributed by atoms with van der Waals surface area (Å²) in [5.41, 5.74) is 12.6. The first-order valence-electron chi connectivity index (χ1n) is 14.4. The number of thiophene rings is 1. The molecular weight excluding hydrogens is 502 g/mol. The molecule has 0 atom stereocenters. The van der Waals surface area contributed by atoms with E-state index >= 15 is 0 Å². The van der Waals surface area contributed by atoms with Gasteiger partial charge < -0.3 is 15.6 Å². The highest BCUT2D eigenvalue weighted by molar-refractivity contribution is 7.22. The Morgan fingerprint density at radius 1 is 0.821 bits per heavy atom. The van der Waals surface area contributed by atoms with Gasteiger partial charge in [0.15, 0.2) is 0 Å². The van der Waals surface area contributed by atoms with Crippen LogP contribution < -0.4 is 10.5 Å². The highest BCUT2D eigenvalue weighted by Crippen LogP contribution is 2.41. The first kappa shape index (κ1) is 26.3. The van der Waals surface area contributed by atoms with Crippen LogP contribution in [0.4, 0.5) is 0 Å². The zero-order valence-corrected chi connectivity index (χ0v) is 23.5. The summed E-state index contributed by atoms with van der Waals surface area (Å²) in [4.78, 5) is 6.25. The zero-order valence-electron chi connectivity index (χ0n) is 22.7. The van der Waals surface area contributed by atoms with Gasteiger partial charge in [-0.2, -0.15) is 0 Å². The lowest BCUT2D eigenvalue weighted by Gasteiger charge is -2.18. The van der Waals surface area contributed by atoms with Gasteiger partial charge in [-0.3, -0.25) is 9.80 Å². The van der Waals surface area contributed by atoms with Crippen molar-refractivity contribution < 1.29 is 9.84 Å². The first-order chi connectivity index (χ1) is 19.2. The Labute approximate surface area is 235 Å². The molecule has 2 fully saturated rings. The number of nitrogens with two attached hydrogens (primary N) is 1. The summed E-state index contributed by atoms with van der Waals surface area (Å²) in [6.45, 7) is 8.03. The molecule has 5 nitrogen and oxygen atoms in total. The molecule has 0 spiro atoms. The fourth-order valence-electron chi connectivity index (χ4n) is 6.07. The van der Waals surface area contributed by atoms with Crippen molar-refractivity contribution in [2.45, 2.75) is 45.2 Å². The van der Waals surface area contributed by atoms with Gasteiger partial charge in [-0.15, -0.1) is 11.3 Å². The Kier molecular flexibility index (Phi) is 8.16. The normalized spacial score (nSPS) is 16.4. The van der Waals surface area contributed by atoms with Gasteiger partial charge in [0.05, 0.1) is 0 Å². The number of rotatable bonds is 10. The fourth-order valence-corrected chi connectivity index (χ4v) is 7.33. The number of likely N-dealkylation sites (tertiary alicyclic amines) is 2. The summed E-state index contributed by atoms with van der Waals surface area (Å²) in [6.07, 6.45) is 6.03. The topological polar surface area (TPSA) is 62.0 Å². The summed E-state index contributed by atoms with van der Waals surface area (Å²) in [6, 6.07) is 21.1. The Bertz CT molecular complexity index is 1400. The molecule has 3 aromatic carbocycles. The third-order valence-corrected chi connectivity index (χ3v) is 9.48. The predicted molar refractivity (Wildman–Crippen MR) is 162 cm³/mol. The van der Waals surface area contributed by atoms with E-state index in [0.29, 0.717) is 12.3 Å². The summed E-state index contributed by atoms with van der Waals surface area (Å²) in [5, 5.41) is 11.4. The van der Waals surface area contributed by atoms with Crippen LogP contribution >= 0.6 is 11.3 Å². The van der Waals surface area contributed by atoms with Crippen molar-refractivity contribution in [1.82, 2.24) is 9.80 Å². The van der Waals surface area contributed by atoms with Gasteiger partial charge in [0.25, 0.3) is 0 Å². The van der Waals surface area contributed by atoms with Crippen molar-refractivity contribution in [1.29, 1.82) is 0 Å². The average molecular weight is 542 g/mol. The number of phenolic OH excluding ortho intramolecular Hbond substituents is 1. The van der Waals surface area contributed by atoms with Crippen LogP contribution in [-0.2, 0) is 19.5 Å². The maximum absolute atomic E-state index is 10.2. The SMILES string of the molecule is NCc1cc(Cc2c(-c3ccc(OCCN4CCCC4)cc3)sc3cc(O)ccc23)ccc1CN1CCCC1. The molecule has 0 unspecified atom stereocenters. The summed E-state index contributed by atoms with van der Waals surface area (Å²) in [7, 11) is 0. The number of nitrogens with zero attached hydrogens (tertiary/aromatic N) is 2. The quantitative estimate of drug-likeness (QED) is 0.243. The Hall–Kier alpha value is -2.90. The fraction of sp³-hybridized carbons (Fsp3) is 0.394. The standard InChI is InChI=1S/C33H39N3O2S/c34-22-27-19-24(5-6-26(27)23-36-15-3-4-16-36)20-31-30-12-9-28(37)21-32(30)39-33(31)25-7-10-29(11-8-25)38-18-17-35-13-1-2-14-35/h5-12,19,21,37H,1-4,13-18,20,22-23,34H2. The Morgan fingerprint density at radius 2 is 1.56 bits per heavy atom. The molecule has 1 aromatic heterocycles. The average Bonchev–Trinajstić information content (AvgIpc) is 3.72. The molecule has 0 aliphatic carbocycles. The molecular formula is C33H39N3O2S. The van der Waals surface area contributed by atoms with Gasteiger partial charge in [0, 0.05) is 29.2 Å². The van der Waals surface area contributed by atoms with E-state index in [1.165, 1.54) is 89.9 Å². The minimum Gasteiger partial charge on any atom is -0.508 e. The predicted octanol–water partition coefficient (Wildman–Crippen LogP) is 6.39. The minimum atomic E-state index is 0.306. The third-order valence-electron chi connectivity index (χ3n) is 8.23. The second-order valence-corrected chi connectivity index (χ2v) is 12.0. The van der Waals surface area contributed by atoms with E-state index in [-0.39, 0.29) is 0 Å². The van der Waals surface area contributed by atoms with Gasteiger partial charge >= 0.3 is 0 Å². The van der Waals surface area contributed by atoms with Crippen LogP contribution in [0.15, 0.2) is 60.7 Å². The summed E-state index contributed by atoms with van der Waals surface area (Å²) >= 11 is 1.75. The largest absolute Gasteiger partial charge is 0.508 e. The van der Waals surface area contributed by atoms with Crippen LogP contribution in [0.25, 0.3) is 20.5 Å². The highest BCUT2D eigenvalue weighted by Gasteiger charge is 2.18. The van der Waals surface area contributed by atoms with Gasteiger partial charge in [-0.1, -0.05) is 18.2 Å². The van der Waals surface area contributed by atoms with Gasteiger partial charge in [0.2, 0.25) is 0 Å². The Morgan fingerprint density at radius 3 is 2.31 bits per heavy atom. The van der Waals surface area contributed by atoms with Crippen LogP contribution in [-0.4, -0.2) is 54.2 Å². The first-order valence-corrected chi connectivity index (χ1v) is 15.2. The van der Waals surface area contributed by atoms with Crippen molar-refractivity contribution in [3.05, 3.63) is 82.9 Å². The van der Waals surface area contributed by atoms with Crippen LogP contribution in [0, 0.1) is 0 Å². The zero-order chi connectivity index (χ0) is 26.6. The number of aromatic hydroxyl groups is 1. The van der Waals surface area contributed by atoms with Gasteiger partial charge in [-0.05, 0) is 134 Å². The number of benzene rings is 3. The molecule has 0 radical (unpaired) electrons. The number of hydrogen-bond acceptors (Lipinski definition) is 6. The van der Waals surface area contributed by atoms with Crippen molar-refractivity contribution in [3.8, 4) is 21.9 Å². The summed E-state index contributed by atoms with van der Waals surface area (Å²) in [5.74, 6) is 1.22. The van der Waals surface area contributed by atoms with Crippen molar-refractivity contribution in [3.63, 3.8) is 0 Å². The molecule has 204 valence electrons. The highest BCUT2D eigenvalue weighted by atomic mass is 32.1. The molecule has 3 heterocycles. The molecule has 6 heteroatoms. The molecule has 0 saturated carbocycles. The molecule has 3 N–H and O–H groups in total. The van der Waals surface area contributed by atoms with E-state index in [0.717, 1.165) is 36.6 Å². The summed E-state index contributed by atoms with van der Waals surface area (Å²) < 4.78 is 7.16. The number of hydrogen-bond donors (Lipinski definition) is 2. The smallest absolute Gasteiger partial charge is 0.119 e.